The zero-order valence-electron chi connectivity index (χ0n) is 13.9. The van der Waals surface area contributed by atoms with Crippen LogP contribution in [-0.2, 0) is 6.42 Å². The third-order valence-corrected chi connectivity index (χ3v) is 4.30. The number of H-pyrrole nitrogens is 1. The number of benzene rings is 1. The van der Waals surface area contributed by atoms with Crippen molar-refractivity contribution in [1.82, 2.24) is 19.6 Å². The molecule has 5 rings (SSSR count). The number of hydrogen-bond acceptors (Lipinski definition) is 6. The van der Waals surface area contributed by atoms with Gasteiger partial charge in [0.25, 0.3) is 5.56 Å². The molecule has 1 N–H and O–H groups in total. The number of oxazole rings is 1. The summed E-state index contributed by atoms with van der Waals surface area (Å²) >= 11 is 0. The van der Waals surface area contributed by atoms with Crippen molar-refractivity contribution in [2.24, 2.45) is 0 Å². The van der Waals surface area contributed by atoms with Crippen molar-refractivity contribution in [3.63, 3.8) is 0 Å². The van der Waals surface area contributed by atoms with Gasteiger partial charge < -0.3 is 13.9 Å². The van der Waals surface area contributed by atoms with E-state index in [1.807, 2.05) is 19.1 Å². The molecule has 0 atom stereocenters. The largest absolute Gasteiger partial charge is 0.454 e. The number of aromatic amines is 1. The first-order valence-corrected chi connectivity index (χ1v) is 8.19. The lowest BCUT2D eigenvalue weighted by Gasteiger charge is -2.03. The van der Waals surface area contributed by atoms with Gasteiger partial charge in [-0.3, -0.25) is 9.89 Å². The second kappa shape index (κ2) is 5.48. The molecule has 0 fully saturated rings. The topological polar surface area (TPSA) is 94.7 Å². The first-order valence-electron chi connectivity index (χ1n) is 8.19. The Morgan fingerprint density at radius 2 is 2.12 bits per heavy atom. The molecule has 1 aliphatic heterocycles. The van der Waals surface area contributed by atoms with E-state index >= 15 is 0 Å². The van der Waals surface area contributed by atoms with Crippen LogP contribution in [-0.4, -0.2) is 26.4 Å². The first-order chi connectivity index (χ1) is 12.7. The van der Waals surface area contributed by atoms with Gasteiger partial charge >= 0.3 is 0 Å². The van der Waals surface area contributed by atoms with Crippen LogP contribution in [0.1, 0.15) is 12.7 Å². The van der Waals surface area contributed by atoms with Crippen molar-refractivity contribution in [3.05, 3.63) is 52.8 Å². The average Bonchev–Trinajstić information content (AvgIpc) is 3.39. The summed E-state index contributed by atoms with van der Waals surface area (Å²) < 4.78 is 17.8. The van der Waals surface area contributed by atoms with Gasteiger partial charge in [-0.25, -0.2) is 14.5 Å². The summed E-state index contributed by atoms with van der Waals surface area (Å²) in [6.45, 7) is 2.18. The zero-order chi connectivity index (χ0) is 17.7. The summed E-state index contributed by atoms with van der Waals surface area (Å²) in [7, 11) is 0. The number of fused-ring (bicyclic) bond motifs is 2. The van der Waals surface area contributed by atoms with E-state index in [1.165, 1.54) is 10.6 Å². The van der Waals surface area contributed by atoms with Gasteiger partial charge in [-0.15, -0.1) is 0 Å². The van der Waals surface area contributed by atoms with Crippen LogP contribution in [0, 0.1) is 0 Å². The molecule has 0 unspecified atom stereocenters. The highest BCUT2D eigenvalue weighted by Crippen LogP contribution is 2.35. The summed E-state index contributed by atoms with van der Waals surface area (Å²) in [5.41, 5.74) is 2.16. The molecule has 0 saturated heterocycles. The van der Waals surface area contributed by atoms with Crippen LogP contribution in [0.2, 0.25) is 0 Å². The van der Waals surface area contributed by atoms with Gasteiger partial charge in [0, 0.05) is 24.2 Å². The Kier molecular flexibility index (Phi) is 3.11. The Hall–Kier alpha value is -3.55. The lowest BCUT2D eigenvalue weighted by molar-refractivity contribution is 0.174. The van der Waals surface area contributed by atoms with Crippen molar-refractivity contribution in [2.75, 3.05) is 6.79 Å². The molecule has 0 amide bonds. The summed E-state index contributed by atoms with van der Waals surface area (Å²) in [6.07, 6.45) is 4.09. The van der Waals surface area contributed by atoms with E-state index in [2.05, 4.69) is 15.1 Å². The molecule has 0 spiro atoms. The molecule has 0 bridgehead atoms. The van der Waals surface area contributed by atoms with E-state index in [4.69, 9.17) is 13.9 Å². The van der Waals surface area contributed by atoms with Crippen molar-refractivity contribution in [2.45, 2.75) is 13.3 Å². The average molecular weight is 350 g/mol. The number of nitrogens with one attached hydrogen (secondary N) is 1. The predicted molar refractivity (Wildman–Crippen MR) is 92.2 cm³/mol. The van der Waals surface area contributed by atoms with Gasteiger partial charge in [0.2, 0.25) is 12.7 Å². The standard InChI is InChI=1S/C18H14N4O4/c1-2-11-7-19-18(26-11)12-8-20-22-16(23)6-13(21-17(12)22)10-3-4-14-15(5-10)25-9-24-14/h3-8,20H,2,9H2,1H3. The van der Waals surface area contributed by atoms with E-state index in [-0.39, 0.29) is 12.4 Å². The van der Waals surface area contributed by atoms with E-state index in [0.29, 0.717) is 34.3 Å². The second-order valence-electron chi connectivity index (χ2n) is 5.88. The smallest absolute Gasteiger partial charge is 0.273 e. The van der Waals surface area contributed by atoms with Crippen molar-refractivity contribution < 1.29 is 13.9 Å². The minimum atomic E-state index is -0.226. The molecule has 1 aromatic carbocycles. The lowest BCUT2D eigenvalue weighted by atomic mass is 10.1. The van der Waals surface area contributed by atoms with Crippen LogP contribution in [0.15, 0.2) is 45.9 Å². The molecule has 4 aromatic rings. The Balaban J connectivity index is 1.68. The molecule has 26 heavy (non-hydrogen) atoms. The van der Waals surface area contributed by atoms with Crippen LogP contribution in [0.4, 0.5) is 0 Å². The van der Waals surface area contributed by atoms with Crippen molar-refractivity contribution in [3.8, 4) is 34.2 Å². The highest BCUT2D eigenvalue weighted by molar-refractivity contribution is 5.74. The van der Waals surface area contributed by atoms with Crippen LogP contribution < -0.4 is 15.0 Å². The maximum atomic E-state index is 12.5. The van der Waals surface area contributed by atoms with Gasteiger partial charge in [0.1, 0.15) is 5.76 Å². The fraction of sp³-hybridized carbons (Fsp3) is 0.167. The van der Waals surface area contributed by atoms with Crippen molar-refractivity contribution >= 4 is 5.65 Å². The molecule has 4 heterocycles. The third-order valence-electron chi connectivity index (χ3n) is 4.30. The quantitative estimate of drug-likeness (QED) is 0.610. The summed E-state index contributed by atoms with van der Waals surface area (Å²) in [5.74, 6) is 2.52. The van der Waals surface area contributed by atoms with E-state index in [0.717, 1.165) is 17.7 Å². The number of nitrogens with zero attached hydrogens (tertiary/aromatic N) is 3. The highest BCUT2D eigenvalue weighted by Gasteiger charge is 2.18. The maximum Gasteiger partial charge on any atom is 0.273 e. The number of hydrogen-bond donors (Lipinski definition) is 1. The predicted octanol–water partition coefficient (Wildman–Crippen LogP) is 2.64. The van der Waals surface area contributed by atoms with Gasteiger partial charge in [-0.05, 0) is 18.2 Å². The minimum Gasteiger partial charge on any atom is -0.454 e. The molecule has 130 valence electrons. The van der Waals surface area contributed by atoms with Gasteiger partial charge in [0.05, 0.1) is 17.5 Å². The fourth-order valence-corrected chi connectivity index (χ4v) is 2.94. The molecule has 0 aliphatic carbocycles. The highest BCUT2D eigenvalue weighted by atomic mass is 16.7. The van der Waals surface area contributed by atoms with Crippen LogP contribution in [0.3, 0.4) is 0 Å². The third kappa shape index (κ3) is 2.19. The van der Waals surface area contributed by atoms with Gasteiger partial charge in [-0.1, -0.05) is 6.92 Å². The molecular formula is C18H14N4O4. The number of aromatic nitrogens is 4. The number of ether oxygens (including phenoxy) is 2. The van der Waals surface area contributed by atoms with Gasteiger partial charge in [0.15, 0.2) is 17.1 Å². The Labute approximate surface area is 147 Å². The Morgan fingerprint density at radius 1 is 1.23 bits per heavy atom. The van der Waals surface area contributed by atoms with E-state index < -0.39 is 0 Å². The maximum absolute atomic E-state index is 12.5. The molecule has 0 saturated carbocycles. The minimum absolute atomic E-state index is 0.194. The summed E-state index contributed by atoms with van der Waals surface area (Å²) in [5, 5.41) is 2.90. The second-order valence-corrected chi connectivity index (χ2v) is 5.88. The van der Waals surface area contributed by atoms with E-state index in [1.54, 1.807) is 18.5 Å². The molecule has 8 nitrogen and oxygen atoms in total. The molecule has 1 aliphatic rings. The Morgan fingerprint density at radius 3 is 2.96 bits per heavy atom. The van der Waals surface area contributed by atoms with Crippen LogP contribution in [0.25, 0.3) is 28.4 Å². The zero-order valence-corrected chi connectivity index (χ0v) is 13.9. The summed E-state index contributed by atoms with van der Waals surface area (Å²) in [4.78, 5) is 21.4. The summed E-state index contributed by atoms with van der Waals surface area (Å²) in [6, 6.07) is 6.93. The molecular weight excluding hydrogens is 336 g/mol. The van der Waals surface area contributed by atoms with Crippen LogP contribution in [0.5, 0.6) is 11.5 Å². The number of aryl methyl sites for hydroxylation is 1. The Bertz CT molecular complexity index is 1190. The van der Waals surface area contributed by atoms with Gasteiger partial charge in [-0.2, -0.15) is 0 Å². The first kappa shape index (κ1) is 14.8. The normalized spacial score (nSPS) is 12.8. The SMILES string of the molecule is CCc1cnc(-c2c[nH]n3c(=O)cc(-c4ccc5c(c4)OCO5)nc23)o1. The van der Waals surface area contributed by atoms with Crippen molar-refractivity contribution in [1.29, 1.82) is 0 Å². The molecule has 8 heteroatoms. The van der Waals surface area contributed by atoms with E-state index in [9.17, 15) is 4.79 Å². The monoisotopic (exact) mass is 350 g/mol. The molecule has 0 radical (unpaired) electrons. The number of rotatable bonds is 3. The fourth-order valence-electron chi connectivity index (χ4n) is 2.94. The lowest BCUT2D eigenvalue weighted by Crippen LogP contribution is -2.14. The van der Waals surface area contributed by atoms with Crippen LogP contribution >= 0.6 is 0 Å². The molecule has 3 aromatic heterocycles.